The van der Waals surface area contributed by atoms with E-state index in [0.29, 0.717) is 10.0 Å². The molecule has 1 N–H and O–H groups in total. The lowest BCUT2D eigenvalue weighted by molar-refractivity contribution is 0.535. The van der Waals surface area contributed by atoms with E-state index >= 15 is 0 Å². The predicted octanol–water partition coefficient (Wildman–Crippen LogP) is 4.48. The molecule has 1 atom stereocenters. The number of likely N-dealkylation sites (N-methyl/N-ethyl adjacent to an activating group) is 1. The molecule has 1 unspecified atom stereocenters. The first-order chi connectivity index (χ1) is 8.70. The van der Waals surface area contributed by atoms with Crippen molar-refractivity contribution < 1.29 is 4.42 Å². The first-order valence-corrected chi connectivity index (χ1v) is 6.65. The Bertz CT molecular complexity index is 497. The second-order valence-electron chi connectivity index (χ2n) is 4.12. The summed E-state index contributed by atoms with van der Waals surface area (Å²) in [5, 5.41) is 4.61. The summed E-state index contributed by atoms with van der Waals surface area (Å²) in [7, 11) is 0. The zero-order valence-electron chi connectivity index (χ0n) is 10.1. The molecular formula is C14H15Cl2NO. The van der Waals surface area contributed by atoms with Crippen LogP contribution in [-0.4, -0.2) is 6.54 Å². The molecule has 1 heterocycles. The molecule has 1 aromatic carbocycles. The number of furan rings is 1. The van der Waals surface area contributed by atoms with Gasteiger partial charge >= 0.3 is 0 Å². The second kappa shape index (κ2) is 6.28. The van der Waals surface area contributed by atoms with E-state index in [4.69, 9.17) is 27.6 Å². The maximum absolute atomic E-state index is 6.06. The lowest BCUT2D eigenvalue weighted by Gasteiger charge is -2.18. The van der Waals surface area contributed by atoms with Crippen LogP contribution in [0.5, 0.6) is 0 Å². The molecule has 1 aromatic heterocycles. The smallest absolute Gasteiger partial charge is 0.0935 e. The van der Waals surface area contributed by atoms with Gasteiger partial charge in [0.05, 0.1) is 22.6 Å². The molecule has 2 nitrogen and oxygen atoms in total. The highest BCUT2D eigenvalue weighted by molar-refractivity contribution is 6.42. The zero-order valence-corrected chi connectivity index (χ0v) is 11.6. The molecule has 2 rings (SSSR count). The van der Waals surface area contributed by atoms with E-state index in [1.165, 1.54) is 0 Å². The SMILES string of the molecule is CCNC(Cc1ccoc1)c1ccc(Cl)c(Cl)c1. The van der Waals surface area contributed by atoms with E-state index < -0.39 is 0 Å². The molecule has 0 aliphatic heterocycles. The van der Waals surface area contributed by atoms with E-state index in [2.05, 4.69) is 12.2 Å². The Balaban J connectivity index is 2.20. The number of benzene rings is 1. The van der Waals surface area contributed by atoms with E-state index in [1.807, 2.05) is 24.3 Å². The molecule has 0 amide bonds. The number of rotatable bonds is 5. The molecule has 18 heavy (non-hydrogen) atoms. The van der Waals surface area contributed by atoms with E-state index in [0.717, 1.165) is 24.1 Å². The van der Waals surface area contributed by atoms with Gasteiger partial charge in [0.15, 0.2) is 0 Å². The lowest BCUT2D eigenvalue weighted by atomic mass is 10.0. The van der Waals surface area contributed by atoms with Crippen LogP contribution >= 0.6 is 23.2 Å². The van der Waals surface area contributed by atoms with Crippen molar-refractivity contribution >= 4 is 23.2 Å². The van der Waals surface area contributed by atoms with Crippen LogP contribution in [0.15, 0.2) is 41.2 Å². The van der Waals surface area contributed by atoms with Gasteiger partial charge in [-0.15, -0.1) is 0 Å². The number of halogens is 2. The van der Waals surface area contributed by atoms with Crippen LogP contribution in [0.25, 0.3) is 0 Å². The van der Waals surface area contributed by atoms with Gasteiger partial charge in [-0.1, -0.05) is 36.2 Å². The Morgan fingerprint density at radius 3 is 2.67 bits per heavy atom. The molecule has 0 spiro atoms. The third-order valence-electron chi connectivity index (χ3n) is 2.82. The zero-order chi connectivity index (χ0) is 13.0. The molecule has 4 heteroatoms. The molecule has 0 bridgehead atoms. The van der Waals surface area contributed by atoms with Crippen LogP contribution in [0.1, 0.15) is 24.1 Å². The lowest BCUT2D eigenvalue weighted by Crippen LogP contribution is -2.22. The minimum absolute atomic E-state index is 0.211. The monoisotopic (exact) mass is 283 g/mol. The average molecular weight is 284 g/mol. The fourth-order valence-corrected chi connectivity index (χ4v) is 2.23. The number of nitrogens with one attached hydrogen (secondary N) is 1. The fraction of sp³-hybridized carbons (Fsp3) is 0.286. The average Bonchev–Trinajstić information content (AvgIpc) is 2.85. The molecular weight excluding hydrogens is 269 g/mol. The molecule has 0 fully saturated rings. The van der Waals surface area contributed by atoms with E-state index in [-0.39, 0.29) is 6.04 Å². The Kier molecular flexibility index (Phi) is 4.70. The van der Waals surface area contributed by atoms with E-state index in [1.54, 1.807) is 12.5 Å². The van der Waals surface area contributed by atoms with Gasteiger partial charge in [0, 0.05) is 6.04 Å². The van der Waals surface area contributed by atoms with Crippen molar-refractivity contribution in [3.8, 4) is 0 Å². The molecule has 2 aromatic rings. The largest absolute Gasteiger partial charge is 0.472 e. The standard InChI is InChI=1S/C14H15Cl2NO/c1-2-17-14(7-10-5-6-18-9-10)11-3-4-12(15)13(16)8-11/h3-6,8-9,14,17H,2,7H2,1H3. The summed E-state index contributed by atoms with van der Waals surface area (Å²) in [5.41, 5.74) is 2.29. The molecule has 0 aliphatic rings. The molecule has 0 radical (unpaired) electrons. The van der Waals surface area contributed by atoms with Crippen molar-refractivity contribution in [3.05, 3.63) is 58.0 Å². The third kappa shape index (κ3) is 3.29. The van der Waals surface area contributed by atoms with E-state index in [9.17, 15) is 0 Å². The highest BCUT2D eigenvalue weighted by Gasteiger charge is 2.13. The molecule has 0 saturated carbocycles. The van der Waals surface area contributed by atoms with Crippen molar-refractivity contribution in [3.63, 3.8) is 0 Å². The van der Waals surface area contributed by atoms with Gasteiger partial charge < -0.3 is 9.73 Å². The number of hydrogen-bond acceptors (Lipinski definition) is 2. The van der Waals surface area contributed by atoms with Crippen LogP contribution in [0, 0.1) is 0 Å². The Morgan fingerprint density at radius 2 is 2.06 bits per heavy atom. The maximum atomic E-state index is 6.06. The molecule has 96 valence electrons. The van der Waals surface area contributed by atoms with Gasteiger partial charge in [-0.05, 0) is 42.3 Å². The highest BCUT2D eigenvalue weighted by Crippen LogP contribution is 2.27. The van der Waals surface area contributed by atoms with Crippen LogP contribution in [-0.2, 0) is 6.42 Å². The highest BCUT2D eigenvalue weighted by atomic mass is 35.5. The van der Waals surface area contributed by atoms with Crippen LogP contribution in [0.3, 0.4) is 0 Å². The first kappa shape index (κ1) is 13.5. The Hall–Kier alpha value is -0.960. The minimum Gasteiger partial charge on any atom is -0.472 e. The third-order valence-corrected chi connectivity index (χ3v) is 3.56. The summed E-state index contributed by atoms with van der Waals surface area (Å²) in [5.74, 6) is 0. The number of hydrogen-bond donors (Lipinski definition) is 1. The van der Waals surface area contributed by atoms with Gasteiger partial charge in [0.2, 0.25) is 0 Å². The van der Waals surface area contributed by atoms with Gasteiger partial charge in [0.25, 0.3) is 0 Å². The van der Waals surface area contributed by atoms with Crippen molar-refractivity contribution in [1.82, 2.24) is 5.32 Å². The van der Waals surface area contributed by atoms with Gasteiger partial charge in [0.1, 0.15) is 0 Å². The van der Waals surface area contributed by atoms with Crippen LogP contribution in [0.4, 0.5) is 0 Å². The topological polar surface area (TPSA) is 25.2 Å². The van der Waals surface area contributed by atoms with Crippen molar-refractivity contribution in [2.45, 2.75) is 19.4 Å². The van der Waals surface area contributed by atoms with Gasteiger partial charge in [-0.2, -0.15) is 0 Å². The molecule has 0 aliphatic carbocycles. The summed E-state index contributed by atoms with van der Waals surface area (Å²) in [6, 6.07) is 7.93. The summed E-state index contributed by atoms with van der Waals surface area (Å²) in [4.78, 5) is 0. The summed E-state index contributed by atoms with van der Waals surface area (Å²) in [6.07, 6.45) is 4.32. The van der Waals surface area contributed by atoms with Crippen molar-refractivity contribution in [1.29, 1.82) is 0 Å². The summed E-state index contributed by atoms with van der Waals surface area (Å²) < 4.78 is 5.10. The van der Waals surface area contributed by atoms with Gasteiger partial charge in [-0.3, -0.25) is 0 Å². The Morgan fingerprint density at radius 1 is 1.22 bits per heavy atom. The van der Waals surface area contributed by atoms with Crippen molar-refractivity contribution in [2.75, 3.05) is 6.54 Å². The fourth-order valence-electron chi connectivity index (χ4n) is 1.93. The summed E-state index contributed by atoms with van der Waals surface area (Å²) in [6.45, 7) is 2.97. The first-order valence-electron chi connectivity index (χ1n) is 5.90. The Labute approximate surface area is 117 Å². The second-order valence-corrected chi connectivity index (χ2v) is 4.93. The normalized spacial score (nSPS) is 12.6. The van der Waals surface area contributed by atoms with Gasteiger partial charge in [-0.25, -0.2) is 0 Å². The van der Waals surface area contributed by atoms with Crippen molar-refractivity contribution in [2.24, 2.45) is 0 Å². The minimum atomic E-state index is 0.211. The van der Waals surface area contributed by atoms with Crippen LogP contribution < -0.4 is 5.32 Å². The predicted molar refractivity (Wildman–Crippen MR) is 75.3 cm³/mol. The molecule has 0 saturated heterocycles. The van der Waals surface area contributed by atoms with Crippen LogP contribution in [0.2, 0.25) is 10.0 Å². The quantitative estimate of drug-likeness (QED) is 0.875. The maximum Gasteiger partial charge on any atom is 0.0935 e. The summed E-state index contributed by atoms with van der Waals surface area (Å²) >= 11 is 12.0.